The molecule has 0 amide bonds. The van der Waals surface area contributed by atoms with E-state index < -0.39 is 11.9 Å². The van der Waals surface area contributed by atoms with E-state index in [0.717, 1.165) is 0 Å². The Kier molecular flexibility index (Phi) is 10.4. The Balaban J connectivity index is 0. The van der Waals surface area contributed by atoms with Crippen LogP contribution in [-0.2, 0) is 9.59 Å². The molecule has 5 nitrogen and oxygen atoms in total. The number of quaternary nitrogens is 1. The molecule has 0 aliphatic rings. The lowest BCUT2D eigenvalue weighted by Crippen LogP contribution is -2.47. The van der Waals surface area contributed by atoms with Gasteiger partial charge in [-0.15, -0.1) is 0 Å². The number of nitrogens with zero attached hydrogens (tertiary/aromatic N) is 1. The summed E-state index contributed by atoms with van der Waals surface area (Å²) in [5.41, 5.74) is 0. The van der Waals surface area contributed by atoms with E-state index in [4.69, 9.17) is 10.2 Å². The third-order valence-electron chi connectivity index (χ3n) is 3.05. The van der Waals surface area contributed by atoms with E-state index in [1.807, 2.05) is 0 Å². The van der Waals surface area contributed by atoms with Gasteiger partial charge in [-0.1, -0.05) is 0 Å². The van der Waals surface area contributed by atoms with Crippen molar-refractivity contribution < 1.29 is 24.3 Å². The largest absolute Gasteiger partial charge is 0.478 e. The Labute approximate surface area is 103 Å². The second-order valence-corrected chi connectivity index (χ2v) is 3.62. The zero-order valence-electron chi connectivity index (χ0n) is 11.1. The number of carboxylic acid groups (broad SMARTS) is 2. The summed E-state index contributed by atoms with van der Waals surface area (Å²) in [5.74, 6) is -2.51. The molecule has 0 spiro atoms. The molecule has 5 heteroatoms. The van der Waals surface area contributed by atoms with E-state index >= 15 is 0 Å². The predicted molar refractivity (Wildman–Crippen MR) is 66.8 cm³/mol. The maximum atomic E-state index is 9.55. The van der Waals surface area contributed by atoms with Crippen LogP contribution >= 0.6 is 0 Å². The molecule has 0 aromatic rings. The first-order chi connectivity index (χ1) is 7.87. The third-order valence-corrected chi connectivity index (χ3v) is 3.05. The van der Waals surface area contributed by atoms with Crippen LogP contribution in [-0.4, -0.2) is 52.8 Å². The predicted octanol–water partition coefficient (Wildman–Crippen LogP) is 1.59. The minimum atomic E-state index is -1.26. The van der Waals surface area contributed by atoms with Gasteiger partial charge in [0, 0.05) is 12.2 Å². The van der Waals surface area contributed by atoms with Gasteiger partial charge in [0.15, 0.2) is 0 Å². The molecule has 17 heavy (non-hydrogen) atoms. The second-order valence-electron chi connectivity index (χ2n) is 3.62. The Bertz CT molecular complexity index is 224. The topological polar surface area (TPSA) is 74.6 Å². The van der Waals surface area contributed by atoms with Crippen LogP contribution in [0.1, 0.15) is 27.7 Å². The molecular formula is C12H24NO4+. The van der Waals surface area contributed by atoms with E-state index in [-0.39, 0.29) is 0 Å². The van der Waals surface area contributed by atoms with E-state index in [9.17, 15) is 9.59 Å². The highest BCUT2D eigenvalue weighted by Crippen LogP contribution is 2.03. The van der Waals surface area contributed by atoms with Crippen molar-refractivity contribution in [3.8, 4) is 0 Å². The van der Waals surface area contributed by atoms with Crippen LogP contribution in [0.2, 0.25) is 0 Å². The lowest BCUT2D eigenvalue weighted by molar-refractivity contribution is -0.921. The average molecular weight is 246 g/mol. The lowest BCUT2D eigenvalue weighted by atomic mass is 10.3. The van der Waals surface area contributed by atoms with Gasteiger partial charge in [0.05, 0.1) is 26.2 Å². The summed E-state index contributed by atoms with van der Waals surface area (Å²) in [6.45, 7) is 14.2. The van der Waals surface area contributed by atoms with Crippen molar-refractivity contribution in [2.75, 3.05) is 26.2 Å². The third kappa shape index (κ3) is 9.56. The lowest BCUT2D eigenvalue weighted by Gasteiger charge is -2.34. The van der Waals surface area contributed by atoms with Gasteiger partial charge in [-0.05, 0) is 27.7 Å². The van der Waals surface area contributed by atoms with Crippen LogP contribution in [0.25, 0.3) is 0 Å². The van der Waals surface area contributed by atoms with E-state index in [1.54, 1.807) is 0 Å². The standard InChI is InChI=1S/C8H20N.C4H4O4/c1-5-9(6-2,7-3)8-4;5-3(6)1-2-4(7)8/h5-8H2,1-4H3;1-2H,(H,5,6)(H,7,8)/q+1;. The SMILES string of the molecule is CC[N+](CC)(CC)CC.O=C(O)C=CC(=O)O. The molecular weight excluding hydrogens is 222 g/mol. The number of aliphatic carboxylic acids is 2. The molecule has 0 unspecified atom stereocenters. The van der Waals surface area contributed by atoms with Crippen LogP contribution in [0, 0.1) is 0 Å². The smallest absolute Gasteiger partial charge is 0.328 e. The zero-order valence-corrected chi connectivity index (χ0v) is 11.1. The fourth-order valence-electron chi connectivity index (χ4n) is 1.48. The Morgan fingerprint density at radius 2 is 1.06 bits per heavy atom. The Morgan fingerprint density at radius 3 is 1.12 bits per heavy atom. The van der Waals surface area contributed by atoms with Crippen molar-refractivity contribution in [3.63, 3.8) is 0 Å². The van der Waals surface area contributed by atoms with E-state index in [2.05, 4.69) is 27.7 Å². The first kappa shape index (κ1) is 18.0. The summed E-state index contributed by atoms with van der Waals surface area (Å²) >= 11 is 0. The number of hydrogen-bond acceptors (Lipinski definition) is 2. The van der Waals surface area contributed by atoms with E-state index in [0.29, 0.717) is 12.2 Å². The molecule has 0 bridgehead atoms. The first-order valence-electron chi connectivity index (χ1n) is 5.86. The van der Waals surface area contributed by atoms with Gasteiger partial charge in [-0.25, -0.2) is 9.59 Å². The van der Waals surface area contributed by atoms with Gasteiger partial charge >= 0.3 is 11.9 Å². The molecule has 0 radical (unpaired) electrons. The van der Waals surface area contributed by atoms with Crippen molar-refractivity contribution in [2.45, 2.75) is 27.7 Å². The highest BCUT2D eigenvalue weighted by Gasteiger charge is 2.16. The molecule has 0 fully saturated rings. The van der Waals surface area contributed by atoms with Crippen molar-refractivity contribution in [3.05, 3.63) is 12.2 Å². The molecule has 0 aliphatic carbocycles. The van der Waals surface area contributed by atoms with Crippen molar-refractivity contribution >= 4 is 11.9 Å². The van der Waals surface area contributed by atoms with Gasteiger partial charge in [0.2, 0.25) is 0 Å². The number of carbonyl (C=O) groups is 2. The molecule has 0 rings (SSSR count). The maximum Gasteiger partial charge on any atom is 0.328 e. The molecule has 0 saturated heterocycles. The quantitative estimate of drug-likeness (QED) is 0.551. The normalized spacial score (nSPS) is 10.8. The van der Waals surface area contributed by atoms with Crippen LogP contribution in [0.3, 0.4) is 0 Å². The Hall–Kier alpha value is -1.36. The highest BCUT2D eigenvalue weighted by molar-refractivity contribution is 5.89. The summed E-state index contributed by atoms with van der Waals surface area (Å²) in [7, 11) is 0. The van der Waals surface area contributed by atoms with Crippen LogP contribution in [0.15, 0.2) is 12.2 Å². The summed E-state index contributed by atoms with van der Waals surface area (Å²) in [5, 5.41) is 15.6. The van der Waals surface area contributed by atoms with E-state index in [1.165, 1.54) is 30.7 Å². The highest BCUT2D eigenvalue weighted by atomic mass is 16.4. The van der Waals surface area contributed by atoms with Gasteiger partial charge < -0.3 is 14.7 Å². The number of rotatable bonds is 6. The number of hydrogen-bond donors (Lipinski definition) is 2. The molecule has 0 aromatic heterocycles. The summed E-state index contributed by atoms with van der Waals surface area (Å²) in [4.78, 5) is 19.1. The van der Waals surface area contributed by atoms with Gasteiger partial charge in [0.25, 0.3) is 0 Å². The van der Waals surface area contributed by atoms with Crippen molar-refractivity contribution in [2.24, 2.45) is 0 Å². The van der Waals surface area contributed by atoms with Crippen LogP contribution < -0.4 is 0 Å². The number of carboxylic acids is 2. The van der Waals surface area contributed by atoms with Gasteiger partial charge in [-0.2, -0.15) is 0 Å². The molecule has 0 aliphatic heterocycles. The fraction of sp³-hybridized carbons (Fsp3) is 0.667. The van der Waals surface area contributed by atoms with Gasteiger partial charge in [0.1, 0.15) is 0 Å². The molecule has 2 N–H and O–H groups in total. The van der Waals surface area contributed by atoms with Crippen molar-refractivity contribution in [1.82, 2.24) is 0 Å². The molecule has 100 valence electrons. The van der Waals surface area contributed by atoms with Crippen LogP contribution in [0.5, 0.6) is 0 Å². The summed E-state index contributed by atoms with van der Waals surface area (Å²) in [6.07, 6.45) is 1.12. The minimum Gasteiger partial charge on any atom is -0.478 e. The Morgan fingerprint density at radius 1 is 0.824 bits per heavy atom. The molecule has 0 atom stereocenters. The molecule has 0 saturated carbocycles. The zero-order chi connectivity index (χ0) is 13.9. The van der Waals surface area contributed by atoms with Crippen LogP contribution in [0.4, 0.5) is 0 Å². The molecule has 0 heterocycles. The van der Waals surface area contributed by atoms with Gasteiger partial charge in [-0.3, -0.25) is 0 Å². The average Bonchev–Trinajstić information content (AvgIpc) is 2.31. The summed E-state index contributed by atoms with van der Waals surface area (Å²) in [6, 6.07) is 0. The minimum absolute atomic E-state index is 0.558. The fourth-order valence-corrected chi connectivity index (χ4v) is 1.48. The van der Waals surface area contributed by atoms with Crippen molar-refractivity contribution in [1.29, 1.82) is 0 Å². The maximum absolute atomic E-state index is 9.55. The second kappa shape index (κ2) is 9.84. The first-order valence-corrected chi connectivity index (χ1v) is 5.86. The molecule has 0 aromatic carbocycles. The summed E-state index contributed by atoms with van der Waals surface area (Å²) < 4.78 is 1.28. The monoisotopic (exact) mass is 246 g/mol.